The Balaban J connectivity index is 2.69. The van der Waals surface area contributed by atoms with Gasteiger partial charge in [-0.3, -0.25) is 4.21 Å². The second-order valence-electron chi connectivity index (χ2n) is 2.78. The van der Waals surface area contributed by atoms with Gasteiger partial charge in [-0.2, -0.15) is 0 Å². The van der Waals surface area contributed by atoms with Gasteiger partial charge in [-0.15, -0.1) is 0 Å². The molecule has 0 radical (unpaired) electrons. The lowest BCUT2D eigenvalue weighted by molar-refractivity contribution is 0.0719. The quantitative estimate of drug-likeness (QED) is 0.619. The van der Waals surface area contributed by atoms with E-state index < -0.39 is 23.0 Å². The maximum atomic E-state index is 10.8. The molecule has 0 amide bonds. The molecule has 0 saturated heterocycles. The second kappa shape index (κ2) is 3.98. The highest BCUT2D eigenvalue weighted by Gasteiger charge is 2.20. The van der Waals surface area contributed by atoms with E-state index in [9.17, 15) is 14.4 Å². The molecule has 0 aromatic rings. The Morgan fingerprint density at radius 2 is 2.25 bits per heavy atom. The molecule has 1 aliphatic carbocycles. The fourth-order valence-corrected chi connectivity index (χ4v) is 1.82. The molecule has 3 nitrogen and oxygen atoms in total. The van der Waals surface area contributed by atoms with Crippen molar-refractivity contribution in [2.45, 2.75) is 12.2 Å². The molecule has 0 aliphatic heterocycles. The van der Waals surface area contributed by atoms with Crippen molar-refractivity contribution in [3.8, 4) is 0 Å². The molecule has 1 aliphatic rings. The minimum Gasteiger partial charge on any atom is -0.386 e. The van der Waals surface area contributed by atoms with Crippen molar-refractivity contribution in [2.75, 3.05) is 12.0 Å². The first kappa shape index (κ1) is 9.64. The van der Waals surface area contributed by atoms with Gasteiger partial charge in [0.25, 0.3) is 0 Å². The summed E-state index contributed by atoms with van der Waals surface area (Å²) in [4.78, 5) is 0. The van der Waals surface area contributed by atoms with Crippen LogP contribution in [-0.2, 0) is 10.8 Å². The highest BCUT2D eigenvalue weighted by Crippen LogP contribution is 2.14. The molecular formula is C8H12O3S. The second-order valence-corrected chi connectivity index (χ2v) is 4.21. The predicted octanol–water partition coefficient (Wildman–Crippen LogP) is -0.417. The van der Waals surface area contributed by atoms with Gasteiger partial charge < -0.3 is 10.2 Å². The number of aliphatic hydroxyl groups excluding tert-OH is 2. The molecule has 0 bridgehead atoms. The van der Waals surface area contributed by atoms with Crippen LogP contribution in [0, 0.1) is 0 Å². The third-order valence-corrected chi connectivity index (χ3v) is 2.43. The van der Waals surface area contributed by atoms with E-state index in [1.165, 1.54) is 6.08 Å². The van der Waals surface area contributed by atoms with E-state index in [1.807, 2.05) is 0 Å². The summed E-state index contributed by atoms with van der Waals surface area (Å²) in [6, 6.07) is 0. The van der Waals surface area contributed by atoms with Crippen molar-refractivity contribution in [2.24, 2.45) is 0 Å². The standard InChI is InChI=1S/C8H12O3S/c1-12(11)5-6-3-2-4-7(9)8(6)10/h2-4,7-10H,5H2,1H3/t7-,8+,12?/m0/s1. The summed E-state index contributed by atoms with van der Waals surface area (Å²) in [7, 11) is -0.972. The average molecular weight is 188 g/mol. The lowest BCUT2D eigenvalue weighted by atomic mass is 10.0. The van der Waals surface area contributed by atoms with Crippen LogP contribution in [-0.4, -0.2) is 38.6 Å². The van der Waals surface area contributed by atoms with Crippen LogP contribution < -0.4 is 0 Å². The third kappa shape index (κ3) is 2.27. The van der Waals surface area contributed by atoms with Gasteiger partial charge in [0, 0.05) is 22.8 Å². The van der Waals surface area contributed by atoms with E-state index in [0.29, 0.717) is 11.3 Å². The fraction of sp³-hybridized carbons (Fsp3) is 0.500. The highest BCUT2D eigenvalue weighted by molar-refractivity contribution is 7.84. The minimum absolute atomic E-state index is 0.322. The summed E-state index contributed by atoms with van der Waals surface area (Å²) in [6.07, 6.45) is 4.69. The zero-order valence-electron chi connectivity index (χ0n) is 6.80. The summed E-state index contributed by atoms with van der Waals surface area (Å²) in [6.45, 7) is 0. The van der Waals surface area contributed by atoms with Crippen molar-refractivity contribution < 1.29 is 14.4 Å². The first-order valence-electron chi connectivity index (χ1n) is 3.64. The van der Waals surface area contributed by atoms with Crippen LogP contribution in [0.4, 0.5) is 0 Å². The van der Waals surface area contributed by atoms with Gasteiger partial charge in [-0.1, -0.05) is 18.2 Å². The number of hydrogen-bond acceptors (Lipinski definition) is 3. The van der Waals surface area contributed by atoms with Crippen molar-refractivity contribution >= 4 is 10.8 Å². The van der Waals surface area contributed by atoms with E-state index >= 15 is 0 Å². The van der Waals surface area contributed by atoms with E-state index in [4.69, 9.17) is 0 Å². The van der Waals surface area contributed by atoms with Crippen LogP contribution in [0.2, 0.25) is 0 Å². The number of hydrogen-bond donors (Lipinski definition) is 2. The Hall–Kier alpha value is -0.450. The minimum atomic E-state index is -0.972. The molecule has 0 aromatic heterocycles. The predicted molar refractivity (Wildman–Crippen MR) is 48.2 cm³/mol. The molecule has 0 aromatic carbocycles. The molecule has 0 spiro atoms. The van der Waals surface area contributed by atoms with Gasteiger partial charge in [-0.25, -0.2) is 0 Å². The summed E-state index contributed by atoms with van der Waals surface area (Å²) in [5.41, 5.74) is 0.630. The molecule has 0 heterocycles. The maximum absolute atomic E-state index is 10.8. The summed E-state index contributed by atoms with van der Waals surface area (Å²) >= 11 is 0. The highest BCUT2D eigenvalue weighted by atomic mass is 32.2. The smallest absolute Gasteiger partial charge is 0.106 e. The Morgan fingerprint density at radius 1 is 1.58 bits per heavy atom. The first-order valence-corrected chi connectivity index (χ1v) is 5.37. The van der Waals surface area contributed by atoms with E-state index in [2.05, 4.69) is 0 Å². The SMILES string of the molecule is CS(=O)CC1=CC=C[C@H](O)[C@@H]1O. The van der Waals surface area contributed by atoms with Gasteiger partial charge in [0.1, 0.15) is 12.2 Å². The zero-order valence-corrected chi connectivity index (χ0v) is 7.62. The first-order chi connectivity index (χ1) is 5.61. The van der Waals surface area contributed by atoms with Gasteiger partial charge in [-0.05, 0) is 5.57 Å². The molecule has 1 unspecified atom stereocenters. The summed E-state index contributed by atoms with van der Waals surface area (Å²) in [5.74, 6) is 0.322. The Labute approximate surface area is 73.9 Å². The molecular weight excluding hydrogens is 176 g/mol. The monoisotopic (exact) mass is 188 g/mol. The fourth-order valence-electron chi connectivity index (χ4n) is 1.08. The van der Waals surface area contributed by atoms with Crippen molar-refractivity contribution in [3.63, 3.8) is 0 Å². The van der Waals surface area contributed by atoms with Gasteiger partial charge in [0.2, 0.25) is 0 Å². The molecule has 12 heavy (non-hydrogen) atoms. The van der Waals surface area contributed by atoms with E-state index in [-0.39, 0.29) is 0 Å². The van der Waals surface area contributed by atoms with Crippen LogP contribution in [0.25, 0.3) is 0 Å². The number of allylic oxidation sites excluding steroid dienone is 2. The Morgan fingerprint density at radius 3 is 2.83 bits per heavy atom. The Kier molecular flexibility index (Phi) is 3.20. The van der Waals surface area contributed by atoms with Crippen molar-refractivity contribution in [1.29, 1.82) is 0 Å². The van der Waals surface area contributed by atoms with Crippen molar-refractivity contribution in [3.05, 3.63) is 23.8 Å². The molecule has 2 N–H and O–H groups in total. The summed E-state index contributed by atoms with van der Waals surface area (Å²) < 4.78 is 10.8. The lowest BCUT2D eigenvalue weighted by Gasteiger charge is -2.20. The number of aliphatic hydroxyl groups is 2. The normalized spacial score (nSPS) is 31.4. The van der Waals surface area contributed by atoms with Gasteiger partial charge in [0.05, 0.1) is 0 Å². The van der Waals surface area contributed by atoms with Crippen LogP contribution in [0.1, 0.15) is 0 Å². The van der Waals surface area contributed by atoms with E-state index in [0.717, 1.165) is 0 Å². The zero-order chi connectivity index (χ0) is 9.14. The molecule has 3 atom stereocenters. The summed E-state index contributed by atoms with van der Waals surface area (Å²) in [5, 5.41) is 18.6. The van der Waals surface area contributed by atoms with Crippen LogP contribution >= 0.6 is 0 Å². The molecule has 4 heteroatoms. The van der Waals surface area contributed by atoms with Crippen LogP contribution in [0.15, 0.2) is 23.8 Å². The molecule has 0 fully saturated rings. The van der Waals surface area contributed by atoms with Gasteiger partial charge in [0.15, 0.2) is 0 Å². The van der Waals surface area contributed by atoms with Gasteiger partial charge >= 0.3 is 0 Å². The van der Waals surface area contributed by atoms with E-state index in [1.54, 1.807) is 18.4 Å². The molecule has 1 rings (SSSR count). The van der Waals surface area contributed by atoms with Crippen molar-refractivity contribution in [1.82, 2.24) is 0 Å². The average Bonchev–Trinajstić information content (AvgIpc) is 1.98. The largest absolute Gasteiger partial charge is 0.386 e. The molecule has 68 valence electrons. The topological polar surface area (TPSA) is 57.5 Å². The lowest BCUT2D eigenvalue weighted by Crippen LogP contribution is -2.29. The van der Waals surface area contributed by atoms with Crippen LogP contribution in [0.5, 0.6) is 0 Å². The molecule has 0 saturated carbocycles. The Bertz CT molecular complexity index is 245. The number of rotatable bonds is 2. The van der Waals surface area contributed by atoms with Crippen LogP contribution in [0.3, 0.4) is 0 Å². The third-order valence-electron chi connectivity index (χ3n) is 1.69. The maximum Gasteiger partial charge on any atom is 0.106 e.